The quantitative estimate of drug-likeness (QED) is 0.115. The Kier molecular flexibility index (Phi) is 14.4. The highest BCUT2D eigenvalue weighted by Gasteiger charge is 2.33. The molecule has 252 valence electrons. The number of unbranched alkanes of at least 4 members (excludes halogenated alkanes) is 2. The van der Waals surface area contributed by atoms with Gasteiger partial charge in [-0.1, -0.05) is 37.6 Å². The molecule has 3 fully saturated rings. The number of hydrogen-bond acceptors (Lipinski definition) is 9. The first-order valence-corrected chi connectivity index (χ1v) is 16.9. The zero-order chi connectivity index (χ0) is 32.0. The van der Waals surface area contributed by atoms with E-state index in [-0.39, 0.29) is 48.8 Å². The molecule has 0 aliphatic carbocycles. The summed E-state index contributed by atoms with van der Waals surface area (Å²) in [6.07, 6.45) is 17.5. The number of methoxy groups -OCH3 is 1. The van der Waals surface area contributed by atoms with Crippen molar-refractivity contribution < 1.29 is 42.8 Å². The maximum Gasteiger partial charge on any atom is 0.409 e. The summed E-state index contributed by atoms with van der Waals surface area (Å²) in [6.45, 7) is 6.89. The van der Waals surface area contributed by atoms with Gasteiger partial charge in [0.1, 0.15) is 6.10 Å². The minimum Gasteiger partial charge on any atom is -0.466 e. The molecule has 0 saturated carbocycles. The van der Waals surface area contributed by atoms with Gasteiger partial charge in [-0.15, -0.1) is 0 Å². The van der Waals surface area contributed by atoms with Crippen LogP contribution in [0.3, 0.4) is 0 Å². The van der Waals surface area contributed by atoms with E-state index in [2.05, 4.69) is 26.0 Å². The number of amides is 1. The molecule has 10 nitrogen and oxygen atoms in total. The van der Waals surface area contributed by atoms with E-state index in [1.165, 1.54) is 7.11 Å². The number of morpholine rings is 1. The molecule has 0 aromatic heterocycles. The van der Waals surface area contributed by atoms with Gasteiger partial charge >= 0.3 is 18.0 Å². The molecule has 7 unspecified atom stereocenters. The van der Waals surface area contributed by atoms with Gasteiger partial charge in [-0.05, 0) is 69.8 Å². The number of carbonyl (C=O) groups is 3. The number of esters is 2. The number of cyclic esters (lactones) is 1. The Morgan fingerprint density at radius 2 is 1.69 bits per heavy atom. The summed E-state index contributed by atoms with van der Waals surface area (Å²) in [4.78, 5) is 39.2. The molecular formula is C35H53NO9. The van der Waals surface area contributed by atoms with E-state index in [0.717, 1.165) is 56.9 Å². The Hall–Kier alpha value is -2.69. The van der Waals surface area contributed by atoms with E-state index < -0.39 is 12.1 Å². The molecule has 45 heavy (non-hydrogen) atoms. The third-order valence-corrected chi connectivity index (χ3v) is 8.99. The standard InChI is InChI=1S/C35H53NO9/c1-25-12-13-26(2)32(11-6-4-5-7-16-42-35(39)36-14-17-41-18-15-36)45-34(38)24-31-21-27(22-33(37)40-3)20-30(44-31)23-29-10-8-9-28(19-25)43-29/h6,11-13,22,25-26,28-32H,4-5,7-10,14-21,23-24H2,1-3H3/b11-6+,13-12+,27-22-. The van der Waals surface area contributed by atoms with E-state index in [4.69, 9.17) is 28.4 Å². The van der Waals surface area contributed by atoms with Crippen LogP contribution in [0.1, 0.15) is 84.5 Å². The van der Waals surface area contributed by atoms with Crippen molar-refractivity contribution in [2.45, 2.75) is 115 Å². The third kappa shape index (κ3) is 12.2. The van der Waals surface area contributed by atoms with Crippen LogP contribution in [0.4, 0.5) is 4.79 Å². The fourth-order valence-corrected chi connectivity index (χ4v) is 6.53. The molecule has 4 rings (SSSR count). The Morgan fingerprint density at radius 1 is 0.956 bits per heavy atom. The van der Waals surface area contributed by atoms with E-state index in [9.17, 15) is 14.4 Å². The highest BCUT2D eigenvalue weighted by molar-refractivity contribution is 5.82. The summed E-state index contributed by atoms with van der Waals surface area (Å²) < 4.78 is 34.6. The molecule has 0 radical (unpaired) electrons. The molecule has 4 heterocycles. The second-order valence-electron chi connectivity index (χ2n) is 12.9. The summed E-state index contributed by atoms with van der Waals surface area (Å²) in [6, 6.07) is 0. The highest BCUT2D eigenvalue weighted by Crippen LogP contribution is 2.33. The van der Waals surface area contributed by atoms with Crippen LogP contribution in [0, 0.1) is 11.8 Å². The van der Waals surface area contributed by atoms with Crippen LogP contribution >= 0.6 is 0 Å². The summed E-state index contributed by atoms with van der Waals surface area (Å²) >= 11 is 0. The Bertz CT molecular complexity index is 1050. The van der Waals surface area contributed by atoms with Gasteiger partial charge in [-0.25, -0.2) is 9.59 Å². The monoisotopic (exact) mass is 631 g/mol. The predicted octanol–water partition coefficient (Wildman–Crippen LogP) is 5.69. The molecule has 1 amide bonds. The summed E-state index contributed by atoms with van der Waals surface area (Å²) in [7, 11) is 1.37. The van der Waals surface area contributed by atoms with Crippen LogP contribution < -0.4 is 0 Å². The number of hydrogen-bond donors (Lipinski definition) is 0. The third-order valence-electron chi connectivity index (χ3n) is 8.99. The number of ether oxygens (including phenoxy) is 6. The molecule has 0 spiro atoms. The number of allylic oxidation sites excluding steroid dienone is 2. The number of carbonyl (C=O) groups excluding carboxylic acids is 3. The molecule has 4 aliphatic heterocycles. The van der Waals surface area contributed by atoms with E-state index >= 15 is 0 Å². The minimum atomic E-state index is -0.423. The molecule has 0 aromatic rings. The van der Waals surface area contributed by atoms with Gasteiger partial charge in [-0.2, -0.15) is 0 Å². The molecule has 3 saturated heterocycles. The SMILES string of the molecule is COC(=O)/C=C1\CC2CC(=O)OC(/C=C/CCCCOC(=O)N3CCOCC3)C(C)/C=C/C(C)CC3CCCC(CC(C1)O2)O3. The predicted molar refractivity (Wildman–Crippen MR) is 168 cm³/mol. The van der Waals surface area contributed by atoms with Crippen LogP contribution in [0.15, 0.2) is 36.0 Å². The molecule has 0 aromatic carbocycles. The van der Waals surface area contributed by atoms with Crippen molar-refractivity contribution in [3.05, 3.63) is 36.0 Å². The lowest BCUT2D eigenvalue weighted by Crippen LogP contribution is -2.41. The first kappa shape index (κ1) is 35.2. The van der Waals surface area contributed by atoms with Crippen LogP contribution in [0.5, 0.6) is 0 Å². The molecule has 7 atom stereocenters. The van der Waals surface area contributed by atoms with Crippen LogP contribution in [0.2, 0.25) is 0 Å². The molecule has 0 N–H and O–H groups in total. The Balaban J connectivity index is 1.37. The Morgan fingerprint density at radius 3 is 2.47 bits per heavy atom. The van der Waals surface area contributed by atoms with Crippen molar-refractivity contribution in [1.82, 2.24) is 4.90 Å². The lowest BCUT2D eigenvalue weighted by molar-refractivity contribution is -0.154. The van der Waals surface area contributed by atoms with E-state index in [1.807, 2.05) is 12.2 Å². The first-order chi connectivity index (χ1) is 21.8. The summed E-state index contributed by atoms with van der Waals surface area (Å²) in [5, 5.41) is 0. The summed E-state index contributed by atoms with van der Waals surface area (Å²) in [5.41, 5.74) is 0.932. The second kappa shape index (κ2) is 18.5. The average molecular weight is 632 g/mol. The van der Waals surface area contributed by atoms with Crippen molar-refractivity contribution in [2.75, 3.05) is 40.0 Å². The Labute approximate surface area is 268 Å². The van der Waals surface area contributed by atoms with Gasteiger partial charge in [-0.3, -0.25) is 4.79 Å². The van der Waals surface area contributed by atoms with Gasteiger partial charge in [0, 0.05) is 31.5 Å². The van der Waals surface area contributed by atoms with Crippen molar-refractivity contribution in [1.29, 1.82) is 0 Å². The molecule has 4 bridgehead atoms. The van der Waals surface area contributed by atoms with Crippen LogP contribution in [-0.2, 0) is 38.0 Å². The lowest BCUT2D eigenvalue weighted by atomic mass is 9.89. The van der Waals surface area contributed by atoms with Gasteiger partial charge in [0.25, 0.3) is 0 Å². The molecular weight excluding hydrogens is 578 g/mol. The fraction of sp³-hybridized carbons (Fsp3) is 0.743. The smallest absolute Gasteiger partial charge is 0.409 e. The number of fused-ring (bicyclic) bond motifs is 4. The van der Waals surface area contributed by atoms with Gasteiger partial charge < -0.3 is 33.3 Å². The second-order valence-corrected chi connectivity index (χ2v) is 12.9. The average Bonchev–Trinajstić information content (AvgIpc) is 3.02. The molecule has 4 aliphatic rings. The zero-order valence-corrected chi connectivity index (χ0v) is 27.4. The maximum absolute atomic E-state index is 13.3. The normalized spacial score (nSPS) is 33.4. The van der Waals surface area contributed by atoms with Crippen molar-refractivity contribution in [2.24, 2.45) is 11.8 Å². The highest BCUT2D eigenvalue weighted by atomic mass is 16.6. The lowest BCUT2D eigenvalue weighted by Gasteiger charge is -2.37. The maximum atomic E-state index is 13.3. The summed E-state index contributed by atoms with van der Waals surface area (Å²) in [5.74, 6) is -0.408. The van der Waals surface area contributed by atoms with Crippen molar-refractivity contribution in [3.63, 3.8) is 0 Å². The number of rotatable bonds is 7. The van der Waals surface area contributed by atoms with Crippen LogP contribution in [-0.4, -0.2) is 93.5 Å². The van der Waals surface area contributed by atoms with Gasteiger partial charge in [0.15, 0.2) is 0 Å². The molecule has 10 heteroatoms. The van der Waals surface area contributed by atoms with Gasteiger partial charge in [0.05, 0.1) is 57.8 Å². The van der Waals surface area contributed by atoms with E-state index in [1.54, 1.807) is 11.0 Å². The van der Waals surface area contributed by atoms with E-state index in [0.29, 0.717) is 51.7 Å². The largest absolute Gasteiger partial charge is 0.466 e. The van der Waals surface area contributed by atoms with Crippen LogP contribution in [0.25, 0.3) is 0 Å². The zero-order valence-electron chi connectivity index (χ0n) is 27.4. The fourth-order valence-electron chi connectivity index (χ4n) is 6.53. The van der Waals surface area contributed by atoms with Crippen molar-refractivity contribution >= 4 is 18.0 Å². The first-order valence-electron chi connectivity index (χ1n) is 16.9. The minimum absolute atomic E-state index is 0.0233. The van der Waals surface area contributed by atoms with Crippen molar-refractivity contribution in [3.8, 4) is 0 Å². The topological polar surface area (TPSA) is 110 Å². The number of nitrogens with zero attached hydrogens (tertiary/aromatic N) is 1. The van der Waals surface area contributed by atoms with Gasteiger partial charge in [0.2, 0.25) is 0 Å².